The van der Waals surface area contributed by atoms with Crippen molar-refractivity contribution in [2.24, 2.45) is 11.8 Å². The summed E-state index contributed by atoms with van der Waals surface area (Å²) in [4.78, 5) is 11.7. The number of fused-ring (bicyclic) bond motifs is 1. The number of para-hydroxylation sites is 1. The molecular weight excluding hydrogens is 486 g/mol. The molecule has 1 heterocycles. The van der Waals surface area contributed by atoms with Gasteiger partial charge in [0.05, 0.1) is 17.0 Å². The predicted octanol–water partition coefficient (Wildman–Crippen LogP) is 5.07. The Bertz CT molecular complexity index is 1260. The standard InChI is InChI=1S/C28H39N5O3S/c1-4-5-18-36-23-14-16-24(17-15-23)37(34,35)30-20-22-12-10-21(11-13-22)19-29-28-31-26-9-7-6-8-25(26)27(32-28)33(2)3/h6-9,14-17,21-22,30H,4-5,10-13,18-20H2,1-3H3,(H,29,31,32). The zero-order valence-electron chi connectivity index (χ0n) is 22.1. The third kappa shape index (κ3) is 7.32. The first-order chi connectivity index (χ1) is 17.9. The maximum absolute atomic E-state index is 12.8. The number of aromatic nitrogens is 2. The van der Waals surface area contributed by atoms with Crippen LogP contribution in [0.4, 0.5) is 11.8 Å². The number of benzene rings is 2. The van der Waals surface area contributed by atoms with E-state index in [0.29, 0.717) is 36.7 Å². The van der Waals surface area contributed by atoms with Gasteiger partial charge in [0.25, 0.3) is 0 Å². The number of hydrogen-bond acceptors (Lipinski definition) is 7. The molecule has 0 unspecified atom stereocenters. The highest BCUT2D eigenvalue weighted by Crippen LogP contribution is 2.30. The van der Waals surface area contributed by atoms with Crippen molar-refractivity contribution in [3.05, 3.63) is 48.5 Å². The lowest BCUT2D eigenvalue weighted by atomic mass is 9.82. The van der Waals surface area contributed by atoms with Crippen LogP contribution < -0.4 is 19.7 Å². The number of hydrogen-bond donors (Lipinski definition) is 2. The van der Waals surface area contributed by atoms with Crippen molar-refractivity contribution in [1.29, 1.82) is 0 Å². The average Bonchev–Trinajstić information content (AvgIpc) is 2.91. The van der Waals surface area contributed by atoms with Crippen LogP contribution in [-0.2, 0) is 10.0 Å². The van der Waals surface area contributed by atoms with E-state index in [0.717, 1.165) is 61.8 Å². The van der Waals surface area contributed by atoms with E-state index in [9.17, 15) is 8.42 Å². The Hall–Kier alpha value is -2.91. The molecule has 0 atom stereocenters. The molecule has 2 N–H and O–H groups in total. The fourth-order valence-corrected chi connectivity index (χ4v) is 5.83. The normalized spacial score (nSPS) is 18.0. The first-order valence-electron chi connectivity index (χ1n) is 13.3. The van der Waals surface area contributed by atoms with Crippen LogP contribution in [0.5, 0.6) is 5.75 Å². The molecule has 8 nitrogen and oxygen atoms in total. The minimum Gasteiger partial charge on any atom is -0.494 e. The Balaban J connectivity index is 1.24. The predicted molar refractivity (Wildman–Crippen MR) is 150 cm³/mol. The van der Waals surface area contributed by atoms with E-state index < -0.39 is 10.0 Å². The van der Waals surface area contributed by atoms with E-state index in [1.807, 2.05) is 43.3 Å². The van der Waals surface area contributed by atoms with E-state index in [-0.39, 0.29) is 4.90 Å². The lowest BCUT2D eigenvalue weighted by Crippen LogP contribution is -2.32. The Labute approximate surface area is 220 Å². The molecule has 9 heteroatoms. The zero-order valence-corrected chi connectivity index (χ0v) is 22.9. The monoisotopic (exact) mass is 525 g/mol. The smallest absolute Gasteiger partial charge is 0.240 e. The molecule has 37 heavy (non-hydrogen) atoms. The SMILES string of the molecule is CCCCOc1ccc(S(=O)(=O)NCC2CCC(CNc3nc(N(C)C)c4ccccc4n3)CC2)cc1. The molecule has 200 valence electrons. The average molecular weight is 526 g/mol. The number of ether oxygens (including phenoxy) is 1. The van der Waals surface area contributed by atoms with E-state index in [2.05, 4.69) is 17.0 Å². The van der Waals surface area contributed by atoms with Crippen molar-refractivity contribution in [2.75, 3.05) is 44.0 Å². The van der Waals surface area contributed by atoms with Crippen LogP contribution in [0.25, 0.3) is 10.9 Å². The summed E-state index contributed by atoms with van der Waals surface area (Å²) < 4.78 is 34.0. The summed E-state index contributed by atoms with van der Waals surface area (Å²) >= 11 is 0. The fourth-order valence-electron chi connectivity index (χ4n) is 4.72. The molecule has 3 aromatic rings. The topological polar surface area (TPSA) is 96.5 Å². The van der Waals surface area contributed by atoms with Crippen molar-refractivity contribution in [3.8, 4) is 5.75 Å². The van der Waals surface area contributed by atoms with Crippen LogP contribution in [0.15, 0.2) is 53.4 Å². The second-order valence-electron chi connectivity index (χ2n) is 10.1. The van der Waals surface area contributed by atoms with E-state index in [1.165, 1.54) is 0 Å². The molecule has 0 radical (unpaired) electrons. The maximum atomic E-state index is 12.8. The Kier molecular flexibility index (Phi) is 9.21. The van der Waals surface area contributed by atoms with Gasteiger partial charge in [-0.1, -0.05) is 25.5 Å². The van der Waals surface area contributed by atoms with Crippen molar-refractivity contribution >= 4 is 32.7 Å². The van der Waals surface area contributed by atoms with Gasteiger partial charge in [0.2, 0.25) is 16.0 Å². The summed E-state index contributed by atoms with van der Waals surface area (Å²) in [6.45, 7) is 4.04. The summed E-state index contributed by atoms with van der Waals surface area (Å²) in [6.07, 6.45) is 6.15. The Morgan fingerprint density at radius 2 is 1.62 bits per heavy atom. The molecule has 1 saturated carbocycles. The molecule has 0 spiro atoms. The third-order valence-electron chi connectivity index (χ3n) is 6.98. The van der Waals surface area contributed by atoms with Gasteiger partial charge in [0.1, 0.15) is 11.6 Å². The summed E-state index contributed by atoms with van der Waals surface area (Å²) in [6, 6.07) is 14.7. The molecule has 0 saturated heterocycles. The molecule has 4 rings (SSSR count). The van der Waals surface area contributed by atoms with E-state index in [1.54, 1.807) is 24.3 Å². The van der Waals surface area contributed by atoms with Gasteiger partial charge in [-0.3, -0.25) is 0 Å². The molecule has 1 aliphatic rings. The van der Waals surface area contributed by atoms with Gasteiger partial charge in [-0.15, -0.1) is 0 Å². The number of nitrogens with zero attached hydrogens (tertiary/aromatic N) is 3. The van der Waals surface area contributed by atoms with Crippen LogP contribution in [0.1, 0.15) is 45.4 Å². The first-order valence-corrected chi connectivity index (χ1v) is 14.7. The molecule has 0 amide bonds. The van der Waals surface area contributed by atoms with Gasteiger partial charge in [-0.05, 0) is 80.3 Å². The van der Waals surface area contributed by atoms with Crippen molar-refractivity contribution in [1.82, 2.24) is 14.7 Å². The Morgan fingerprint density at radius 1 is 0.946 bits per heavy atom. The van der Waals surface area contributed by atoms with Crippen molar-refractivity contribution in [2.45, 2.75) is 50.3 Å². The van der Waals surface area contributed by atoms with Crippen molar-refractivity contribution < 1.29 is 13.2 Å². The van der Waals surface area contributed by atoms with Crippen molar-refractivity contribution in [3.63, 3.8) is 0 Å². The number of nitrogens with one attached hydrogen (secondary N) is 2. The third-order valence-corrected chi connectivity index (χ3v) is 8.42. The number of unbranched alkanes of at least 4 members (excludes halogenated alkanes) is 1. The van der Waals surface area contributed by atoms with Crippen LogP contribution in [-0.4, -0.2) is 52.2 Å². The maximum Gasteiger partial charge on any atom is 0.240 e. The van der Waals surface area contributed by atoms with Crippen LogP contribution >= 0.6 is 0 Å². The molecule has 1 aromatic heterocycles. The summed E-state index contributed by atoms with van der Waals surface area (Å²) in [5, 5.41) is 4.48. The second-order valence-corrected chi connectivity index (χ2v) is 11.8. The summed E-state index contributed by atoms with van der Waals surface area (Å²) in [7, 11) is 0.455. The fraction of sp³-hybridized carbons (Fsp3) is 0.500. The largest absolute Gasteiger partial charge is 0.494 e. The second kappa shape index (κ2) is 12.6. The van der Waals surface area contributed by atoms with Gasteiger partial charge in [-0.25, -0.2) is 18.1 Å². The van der Waals surface area contributed by atoms with Gasteiger partial charge < -0.3 is 15.0 Å². The highest BCUT2D eigenvalue weighted by molar-refractivity contribution is 7.89. The van der Waals surface area contributed by atoms with Crippen LogP contribution in [0, 0.1) is 11.8 Å². The number of sulfonamides is 1. The lowest BCUT2D eigenvalue weighted by Gasteiger charge is -2.28. The van der Waals surface area contributed by atoms with E-state index >= 15 is 0 Å². The minimum absolute atomic E-state index is 0.278. The minimum atomic E-state index is -3.53. The summed E-state index contributed by atoms with van der Waals surface area (Å²) in [5.74, 6) is 3.12. The van der Waals surface area contributed by atoms with Crippen LogP contribution in [0.3, 0.4) is 0 Å². The zero-order chi connectivity index (χ0) is 26.3. The molecule has 1 fully saturated rings. The van der Waals surface area contributed by atoms with Gasteiger partial charge in [0.15, 0.2) is 0 Å². The van der Waals surface area contributed by atoms with Gasteiger partial charge in [-0.2, -0.15) is 4.98 Å². The molecular formula is C28H39N5O3S. The molecule has 1 aliphatic carbocycles. The number of anilines is 2. The quantitative estimate of drug-likeness (QED) is 0.319. The number of rotatable bonds is 12. The molecule has 0 bridgehead atoms. The van der Waals surface area contributed by atoms with Gasteiger partial charge >= 0.3 is 0 Å². The van der Waals surface area contributed by atoms with Crippen LogP contribution in [0.2, 0.25) is 0 Å². The first kappa shape index (κ1) is 27.1. The molecule has 0 aliphatic heterocycles. The summed E-state index contributed by atoms with van der Waals surface area (Å²) in [5.41, 5.74) is 0.929. The Morgan fingerprint density at radius 3 is 2.30 bits per heavy atom. The molecule has 2 aromatic carbocycles. The lowest BCUT2D eigenvalue weighted by molar-refractivity contribution is 0.284. The highest BCUT2D eigenvalue weighted by Gasteiger charge is 2.24. The highest BCUT2D eigenvalue weighted by atomic mass is 32.2. The van der Waals surface area contributed by atoms with Gasteiger partial charge in [0, 0.05) is 32.6 Å². The van der Waals surface area contributed by atoms with E-state index in [4.69, 9.17) is 14.7 Å².